The van der Waals surface area contributed by atoms with Crippen LogP contribution in [0.2, 0.25) is 5.54 Å². The molecule has 50 heavy (non-hydrogen) atoms. The predicted molar refractivity (Wildman–Crippen MR) is 227 cm³/mol. The third-order valence-corrected chi connectivity index (χ3v) is 16.3. The molecule has 1 unspecified atom stereocenters. The Kier molecular flexibility index (Phi) is 10.5. The smallest absolute Gasteiger partial charge is 0.0790 e. The van der Waals surface area contributed by atoms with Gasteiger partial charge < -0.3 is 0 Å². The summed E-state index contributed by atoms with van der Waals surface area (Å²) < 4.78 is 0. The second-order valence-corrected chi connectivity index (χ2v) is 25.6. The first-order chi connectivity index (χ1) is 22.5. The van der Waals surface area contributed by atoms with Crippen LogP contribution in [0.25, 0.3) is 0 Å². The second-order valence-electron chi connectivity index (χ2n) is 21.7. The lowest BCUT2D eigenvalue weighted by atomic mass is 9.80. The van der Waals surface area contributed by atoms with Crippen molar-refractivity contribution in [3.63, 3.8) is 0 Å². The Labute approximate surface area is 310 Å². The zero-order valence-corrected chi connectivity index (χ0v) is 36.7. The van der Waals surface area contributed by atoms with E-state index in [1.807, 2.05) is 0 Å². The van der Waals surface area contributed by atoms with Gasteiger partial charge in [0.05, 0.1) is 0 Å². The molecular formula is C49H72Si. The molecule has 272 valence electrons. The van der Waals surface area contributed by atoms with Crippen molar-refractivity contribution in [1.82, 2.24) is 0 Å². The Balaban J connectivity index is 2.45. The molecule has 0 saturated carbocycles. The Hall–Kier alpha value is -2.64. The summed E-state index contributed by atoms with van der Waals surface area (Å²) in [5.41, 5.74) is 10.6. The van der Waals surface area contributed by atoms with E-state index in [9.17, 15) is 0 Å². The lowest BCUT2D eigenvalue weighted by Gasteiger charge is -2.43. The van der Waals surface area contributed by atoms with Gasteiger partial charge in [-0.05, 0) is 87.9 Å². The van der Waals surface area contributed by atoms with Crippen molar-refractivity contribution in [3.8, 4) is 0 Å². The van der Waals surface area contributed by atoms with Crippen LogP contribution >= 0.6 is 0 Å². The van der Waals surface area contributed by atoms with Crippen LogP contribution in [0.3, 0.4) is 0 Å². The molecule has 3 aromatic carbocycles. The summed E-state index contributed by atoms with van der Waals surface area (Å²) >= 11 is 0. The van der Waals surface area contributed by atoms with Gasteiger partial charge in [-0.2, -0.15) is 0 Å². The molecule has 0 aliphatic heterocycles. The summed E-state index contributed by atoms with van der Waals surface area (Å²) in [6, 6.07) is 23.5. The number of benzene rings is 3. The van der Waals surface area contributed by atoms with E-state index in [4.69, 9.17) is 0 Å². The van der Waals surface area contributed by atoms with E-state index >= 15 is 0 Å². The molecule has 0 fully saturated rings. The average Bonchev–Trinajstić information content (AvgIpc) is 3.43. The van der Waals surface area contributed by atoms with Crippen LogP contribution in [0.4, 0.5) is 0 Å². The maximum atomic E-state index is 2.65. The van der Waals surface area contributed by atoms with Gasteiger partial charge in [0, 0.05) is 5.54 Å². The molecule has 0 aromatic heterocycles. The largest absolute Gasteiger partial charge is 0.159 e. The Morgan fingerprint density at radius 3 is 0.840 bits per heavy atom. The van der Waals surface area contributed by atoms with Crippen LogP contribution in [-0.4, -0.2) is 8.07 Å². The molecule has 0 amide bonds. The topological polar surface area (TPSA) is 0 Å². The molecule has 0 heterocycles. The highest BCUT2D eigenvalue weighted by Gasteiger charge is 2.49. The van der Waals surface area contributed by atoms with Crippen LogP contribution in [0.1, 0.15) is 171 Å². The van der Waals surface area contributed by atoms with E-state index in [-0.39, 0.29) is 32.5 Å². The van der Waals surface area contributed by atoms with Crippen molar-refractivity contribution in [2.24, 2.45) is 0 Å². The van der Waals surface area contributed by atoms with Gasteiger partial charge in [-0.1, -0.05) is 210 Å². The molecule has 0 bridgehead atoms. The van der Waals surface area contributed by atoms with Crippen LogP contribution in [0.15, 0.2) is 78.4 Å². The Morgan fingerprint density at radius 2 is 0.640 bits per heavy atom. The minimum absolute atomic E-state index is 0.0126. The summed E-state index contributed by atoms with van der Waals surface area (Å²) in [7, 11) is -2.89. The fourth-order valence-electron chi connectivity index (χ4n) is 7.48. The highest BCUT2D eigenvalue weighted by Crippen LogP contribution is 2.41. The predicted octanol–water partition coefficient (Wildman–Crippen LogP) is 12.2. The minimum Gasteiger partial charge on any atom is -0.0790 e. The number of hydrogen-bond acceptors (Lipinski definition) is 0. The summed E-state index contributed by atoms with van der Waals surface area (Å²) in [4.78, 5) is 0. The van der Waals surface area contributed by atoms with Crippen molar-refractivity contribution < 1.29 is 0 Å². The fraction of sp³-hybridized carbons (Fsp3) is 0.551. The molecule has 4 rings (SSSR count). The first-order valence-corrected chi connectivity index (χ1v) is 21.5. The minimum atomic E-state index is -2.89. The second kappa shape index (κ2) is 13.1. The lowest BCUT2D eigenvalue weighted by molar-refractivity contribution is 0.569. The third-order valence-electron chi connectivity index (χ3n) is 11.2. The van der Waals surface area contributed by atoms with E-state index in [1.54, 1.807) is 21.1 Å². The van der Waals surface area contributed by atoms with Gasteiger partial charge in [0.1, 0.15) is 0 Å². The van der Waals surface area contributed by atoms with E-state index in [2.05, 4.69) is 204 Å². The number of allylic oxidation sites excluding steroid dienone is 4. The van der Waals surface area contributed by atoms with E-state index in [0.717, 1.165) is 6.42 Å². The van der Waals surface area contributed by atoms with E-state index < -0.39 is 8.07 Å². The van der Waals surface area contributed by atoms with Gasteiger partial charge in [0.15, 0.2) is 8.07 Å². The quantitative estimate of drug-likeness (QED) is 0.185. The molecular weight excluding hydrogens is 617 g/mol. The van der Waals surface area contributed by atoms with Gasteiger partial charge in [-0.25, -0.2) is 0 Å². The van der Waals surface area contributed by atoms with Gasteiger partial charge in [-0.15, -0.1) is 0 Å². The molecule has 1 atom stereocenters. The first kappa shape index (κ1) is 40.1. The molecule has 0 N–H and O–H groups in total. The third kappa shape index (κ3) is 8.04. The standard InChI is InChI=1S/C49H72Si/c1-20-33-22-21-23-43(33)50(40-27-34(44(2,3)4)24-35(28-40)45(5,6)7,41-29-36(46(8,9)10)25-37(30-41)47(11,12)13)42-31-38(48(14,15)16)26-39(32-42)49(17,18)19/h21-32,43H,20H2,1-19H3. The molecule has 0 saturated heterocycles. The summed E-state index contributed by atoms with van der Waals surface area (Å²) in [6.45, 7) is 45.5. The highest BCUT2D eigenvalue weighted by molar-refractivity contribution is 7.13. The SMILES string of the molecule is CCC1=CC=CC1[Si](c1cc(C(C)(C)C)cc(C(C)(C)C)c1)(c1cc(C(C)(C)C)cc(C(C)(C)C)c1)c1cc(C(C)(C)C)cc(C(C)(C)C)c1. The van der Waals surface area contributed by atoms with Crippen LogP contribution in [-0.2, 0) is 32.5 Å². The van der Waals surface area contributed by atoms with Crippen molar-refractivity contribution >= 4 is 23.6 Å². The van der Waals surface area contributed by atoms with Crippen molar-refractivity contribution in [2.75, 3.05) is 0 Å². The normalized spacial score (nSPS) is 16.6. The summed E-state index contributed by atoms with van der Waals surface area (Å²) in [5, 5.41) is 4.63. The van der Waals surface area contributed by atoms with Gasteiger partial charge in [-0.3, -0.25) is 0 Å². The van der Waals surface area contributed by atoms with Gasteiger partial charge in [0.25, 0.3) is 0 Å². The zero-order valence-electron chi connectivity index (χ0n) is 35.7. The summed E-state index contributed by atoms with van der Waals surface area (Å²) in [5.74, 6) is 0. The van der Waals surface area contributed by atoms with Gasteiger partial charge >= 0.3 is 0 Å². The fourth-order valence-corrected chi connectivity index (χ4v) is 13.1. The van der Waals surface area contributed by atoms with E-state index in [0.29, 0.717) is 5.54 Å². The highest BCUT2D eigenvalue weighted by atomic mass is 28.3. The van der Waals surface area contributed by atoms with E-state index in [1.165, 1.54) is 33.4 Å². The van der Waals surface area contributed by atoms with Crippen molar-refractivity contribution in [3.05, 3.63) is 112 Å². The molecule has 0 spiro atoms. The van der Waals surface area contributed by atoms with Crippen LogP contribution in [0.5, 0.6) is 0 Å². The molecule has 1 heteroatoms. The Morgan fingerprint density at radius 1 is 0.400 bits per heavy atom. The Bertz CT molecular complexity index is 1490. The average molecular weight is 689 g/mol. The van der Waals surface area contributed by atoms with Crippen LogP contribution < -0.4 is 15.6 Å². The first-order valence-electron chi connectivity index (χ1n) is 19.4. The molecule has 1 aliphatic carbocycles. The monoisotopic (exact) mass is 689 g/mol. The van der Waals surface area contributed by atoms with Gasteiger partial charge in [0.2, 0.25) is 0 Å². The molecule has 1 aliphatic rings. The lowest BCUT2D eigenvalue weighted by Crippen LogP contribution is -2.70. The van der Waals surface area contributed by atoms with Crippen LogP contribution in [0, 0.1) is 0 Å². The molecule has 3 aromatic rings. The number of rotatable bonds is 5. The molecule has 0 radical (unpaired) electrons. The number of hydrogen-bond donors (Lipinski definition) is 0. The summed E-state index contributed by atoms with van der Waals surface area (Å²) in [6.07, 6.45) is 8.46. The van der Waals surface area contributed by atoms with Crippen molar-refractivity contribution in [2.45, 2.75) is 176 Å². The molecule has 0 nitrogen and oxygen atoms in total. The zero-order chi connectivity index (χ0) is 38.0. The maximum absolute atomic E-state index is 2.89. The maximum Gasteiger partial charge on any atom is 0.159 e. The van der Waals surface area contributed by atoms with Crippen molar-refractivity contribution in [1.29, 1.82) is 0 Å².